The highest BCUT2D eigenvalue weighted by molar-refractivity contribution is 6.30. The summed E-state index contributed by atoms with van der Waals surface area (Å²) in [5.74, 6) is -10.0. The second-order valence-electron chi connectivity index (χ2n) is 13.2. The maximum absolute atomic E-state index is 15.1. The van der Waals surface area contributed by atoms with Crippen LogP contribution < -0.4 is 20.7 Å². The van der Waals surface area contributed by atoms with Gasteiger partial charge in [-0.3, -0.25) is 24.2 Å². The third kappa shape index (κ3) is 11.8. The number of halogens is 6. The number of hydrogen-bond acceptors (Lipinski definition) is 8. The van der Waals surface area contributed by atoms with Crippen molar-refractivity contribution in [3.63, 3.8) is 0 Å². The van der Waals surface area contributed by atoms with Crippen molar-refractivity contribution in [3.05, 3.63) is 94.8 Å². The minimum absolute atomic E-state index is 0.00299. The Morgan fingerprint density at radius 2 is 1.69 bits per heavy atom. The molecule has 4 rings (SSSR count). The van der Waals surface area contributed by atoms with Crippen molar-refractivity contribution in [1.29, 1.82) is 0 Å². The van der Waals surface area contributed by atoms with Crippen LogP contribution in [0.25, 0.3) is 0 Å². The van der Waals surface area contributed by atoms with Gasteiger partial charge >= 0.3 is 12.1 Å². The van der Waals surface area contributed by atoms with E-state index in [0.717, 1.165) is 15.8 Å². The van der Waals surface area contributed by atoms with Crippen molar-refractivity contribution in [2.45, 2.75) is 75.7 Å². The number of nitrogens with one attached hydrogen (secondary N) is 3. The zero-order valence-electron chi connectivity index (χ0n) is 30.0. The number of carbonyl (C=O) groups excluding carboxylic acids is 4. The minimum Gasteiger partial charge on any atom is -0.497 e. The van der Waals surface area contributed by atoms with Crippen LogP contribution in [0.1, 0.15) is 41.9 Å². The Hall–Kier alpha value is -4.87. The molecule has 1 aliphatic rings. The lowest BCUT2D eigenvalue weighted by Gasteiger charge is -2.34. The van der Waals surface area contributed by atoms with E-state index in [2.05, 4.69) is 15.6 Å². The highest BCUT2D eigenvalue weighted by Gasteiger charge is 2.53. The second kappa shape index (κ2) is 18.6. The van der Waals surface area contributed by atoms with E-state index < -0.39 is 78.5 Å². The van der Waals surface area contributed by atoms with E-state index in [9.17, 15) is 37.5 Å². The highest BCUT2D eigenvalue weighted by atomic mass is 35.5. The largest absolute Gasteiger partial charge is 0.497 e. The summed E-state index contributed by atoms with van der Waals surface area (Å²) < 4.78 is 79.4. The molecule has 2 aromatic carbocycles. The number of aromatic nitrogens is 1. The number of likely N-dealkylation sites (tertiary alicyclic amines) is 1. The summed E-state index contributed by atoms with van der Waals surface area (Å²) in [6, 6.07) is 13.4. The molecule has 2 heterocycles. The Labute approximate surface area is 318 Å². The Bertz CT molecular complexity index is 1790. The van der Waals surface area contributed by atoms with Gasteiger partial charge in [0.15, 0.2) is 0 Å². The molecular weight excluding hydrogens is 757 g/mol. The Morgan fingerprint density at radius 3 is 2.29 bits per heavy atom. The minimum atomic E-state index is -5.01. The third-order valence-electron chi connectivity index (χ3n) is 8.81. The number of aliphatic hydroxyl groups excluding tert-OH is 1. The molecule has 4 amide bonds. The van der Waals surface area contributed by atoms with Crippen molar-refractivity contribution in [1.82, 2.24) is 25.8 Å². The highest BCUT2D eigenvalue weighted by Crippen LogP contribution is 2.28. The third-order valence-corrected chi connectivity index (χ3v) is 9.05. The van der Waals surface area contributed by atoms with Crippen molar-refractivity contribution < 1.29 is 55.7 Å². The summed E-state index contributed by atoms with van der Waals surface area (Å²) in [7, 11) is 1.51. The van der Waals surface area contributed by atoms with E-state index in [1.165, 1.54) is 33.2 Å². The van der Waals surface area contributed by atoms with E-state index in [0.29, 0.717) is 16.3 Å². The number of amides is 4. The number of methoxy groups -OCH3 is 1. The van der Waals surface area contributed by atoms with Gasteiger partial charge in [0.05, 0.1) is 25.9 Å². The smallest absolute Gasteiger partial charge is 0.405 e. The molecule has 12 nitrogen and oxygen atoms in total. The topological polar surface area (TPSA) is 159 Å². The van der Waals surface area contributed by atoms with Crippen molar-refractivity contribution in [2.75, 3.05) is 20.2 Å². The lowest BCUT2D eigenvalue weighted by Crippen LogP contribution is -2.62. The fourth-order valence-corrected chi connectivity index (χ4v) is 6.12. The van der Waals surface area contributed by atoms with Gasteiger partial charge < -0.3 is 35.4 Å². The predicted octanol–water partition coefficient (Wildman–Crippen LogP) is 4.09. The summed E-state index contributed by atoms with van der Waals surface area (Å²) in [4.78, 5) is 59.0. The van der Waals surface area contributed by atoms with Crippen LogP contribution in [0.5, 0.6) is 5.75 Å². The lowest BCUT2D eigenvalue weighted by atomic mass is 9.93. The number of carbonyl (C=O) groups is 4. The Balaban J connectivity index is 1.63. The van der Waals surface area contributed by atoms with Crippen LogP contribution in [0.15, 0.2) is 72.9 Å². The van der Waals surface area contributed by atoms with Crippen LogP contribution in [0.4, 0.5) is 22.0 Å². The van der Waals surface area contributed by atoms with Gasteiger partial charge in [-0.1, -0.05) is 55.8 Å². The number of rotatable bonds is 16. The molecule has 1 aromatic heterocycles. The quantitative estimate of drug-likeness (QED) is 0.158. The first-order valence-corrected chi connectivity index (χ1v) is 17.5. The molecule has 3 unspecified atom stereocenters. The average molecular weight is 798 g/mol. The molecule has 55 heavy (non-hydrogen) atoms. The number of aliphatic hydroxyl groups is 1. The normalized spacial score (nSPS) is 17.6. The van der Waals surface area contributed by atoms with Crippen molar-refractivity contribution in [2.24, 2.45) is 5.92 Å². The van der Waals surface area contributed by atoms with Gasteiger partial charge in [-0.15, -0.1) is 0 Å². The van der Waals surface area contributed by atoms with Gasteiger partial charge in [0.1, 0.15) is 36.2 Å². The number of benzene rings is 2. The molecule has 18 heteroatoms. The van der Waals surface area contributed by atoms with Crippen LogP contribution in [0.2, 0.25) is 5.02 Å². The average Bonchev–Trinajstić information content (AvgIpc) is 3.58. The molecular formula is C37H41ClF5N5O7. The Morgan fingerprint density at radius 1 is 0.982 bits per heavy atom. The van der Waals surface area contributed by atoms with Gasteiger partial charge in [-0.2, -0.15) is 22.0 Å². The molecule has 4 N–H and O–H groups in total. The number of nitrogens with zero attached hydrogens (tertiary/aromatic N) is 2. The number of ether oxygens (including phenoxy) is 2. The molecule has 298 valence electrons. The molecule has 0 bridgehead atoms. The first kappa shape index (κ1) is 42.9. The van der Waals surface area contributed by atoms with E-state index in [-0.39, 0.29) is 31.7 Å². The van der Waals surface area contributed by atoms with Gasteiger partial charge in [-0.25, -0.2) is 0 Å². The number of pyridine rings is 1. The summed E-state index contributed by atoms with van der Waals surface area (Å²) in [5.41, 5.74) is 1.27. The van der Waals surface area contributed by atoms with Crippen LogP contribution in [-0.2, 0) is 32.1 Å². The Kier molecular flexibility index (Phi) is 14.5. The molecule has 0 aliphatic carbocycles. The van der Waals surface area contributed by atoms with Crippen molar-refractivity contribution >= 4 is 35.2 Å². The van der Waals surface area contributed by atoms with Crippen LogP contribution in [-0.4, -0.2) is 101 Å². The fraction of sp³-hybridized carbons (Fsp3) is 0.432. The molecule has 0 radical (unpaired) electrons. The van der Waals surface area contributed by atoms with Crippen LogP contribution in [0, 0.1) is 5.92 Å². The summed E-state index contributed by atoms with van der Waals surface area (Å²) in [5, 5.41) is 17.1. The molecule has 3 aromatic rings. The molecule has 5 atom stereocenters. The number of alkyl halides is 5. The van der Waals surface area contributed by atoms with Gasteiger partial charge in [-0.05, 0) is 53.4 Å². The molecule has 1 aliphatic heterocycles. The van der Waals surface area contributed by atoms with Crippen LogP contribution in [0.3, 0.4) is 0 Å². The first-order valence-electron chi connectivity index (χ1n) is 17.1. The molecule has 0 saturated carbocycles. The van der Waals surface area contributed by atoms with Gasteiger partial charge in [0.25, 0.3) is 11.8 Å². The van der Waals surface area contributed by atoms with Gasteiger partial charge in [0.2, 0.25) is 11.8 Å². The number of hydrogen-bond donors (Lipinski definition) is 4. The molecule has 1 fully saturated rings. The monoisotopic (exact) mass is 797 g/mol. The summed E-state index contributed by atoms with van der Waals surface area (Å²) >= 11 is 6.19. The maximum Gasteiger partial charge on any atom is 0.405 e. The predicted molar refractivity (Wildman–Crippen MR) is 189 cm³/mol. The van der Waals surface area contributed by atoms with Crippen molar-refractivity contribution in [3.8, 4) is 5.75 Å². The van der Waals surface area contributed by atoms with Crippen LogP contribution >= 0.6 is 11.6 Å². The molecule has 1 saturated heterocycles. The maximum atomic E-state index is 15.1. The SMILES string of the molecule is COc1ccc(CO[C@@H]2C[C@@H](C(=O)NC(C(C)C)C(O)C(F)(F)C(=O)NCC(F)(F)F)N(C(=O)C(Cc3cccc(Cl)c3)NC(=O)c3ccccn3)C2)cc1. The standard InChI is InChI=1S/C37H41ClF5N5O7/c1-21(2)30(31(49)37(42,43)35(53)45-20-36(39,40)41)47-33(51)29-17-26(55-19-22-10-12-25(54-3)13-11-22)18-48(29)34(52)28(16-23-7-6-8-24(38)15-23)46-32(50)27-9-4-5-14-44-27/h4-15,21,26,28-31,49H,16-20H2,1-3H3,(H,45,53)(H,46,50)(H,47,51)/t26-,28?,29+,30?,31?/m1/s1. The molecule has 0 spiro atoms. The zero-order chi connectivity index (χ0) is 40.5. The lowest BCUT2D eigenvalue weighted by molar-refractivity contribution is -0.175. The van der Waals surface area contributed by atoms with E-state index >= 15 is 8.78 Å². The fourth-order valence-electron chi connectivity index (χ4n) is 5.90. The van der Waals surface area contributed by atoms with E-state index in [4.69, 9.17) is 21.1 Å². The van der Waals surface area contributed by atoms with E-state index in [1.807, 2.05) is 0 Å². The summed E-state index contributed by atoms with van der Waals surface area (Å²) in [6.45, 7) is 0.454. The second-order valence-corrected chi connectivity index (χ2v) is 13.7. The van der Waals surface area contributed by atoms with Gasteiger partial charge in [0, 0.05) is 30.6 Å². The first-order chi connectivity index (χ1) is 25.9. The summed E-state index contributed by atoms with van der Waals surface area (Å²) in [6.07, 6.45) is -7.63. The van der Waals surface area contributed by atoms with E-state index in [1.54, 1.807) is 60.7 Å². The zero-order valence-corrected chi connectivity index (χ0v) is 30.7.